The molecule has 6 radical (unpaired) electrons. The Bertz CT molecular complexity index is 8.00. The van der Waals surface area contributed by atoms with Crippen LogP contribution in [0.25, 0.3) is 0 Å². The summed E-state index contributed by atoms with van der Waals surface area (Å²) in [6.07, 6.45) is 0. The summed E-state index contributed by atoms with van der Waals surface area (Å²) in [5, 5.41) is 0. The largest absolute Gasteiger partial charge is 0 e. The van der Waals surface area contributed by atoms with Crippen LogP contribution in [0.4, 0.5) is 0 Å². The minimum Gasteiger partial charge on any atom is 0 e. The predicted molar refractivity (Wildman–Crippen MR) is 11.5 cm³/mol. The Morgan fingerprint density at radius 2 is 1.00 bits per heavy atom. The van der Waals surface area contributed by atoms with E-state index in [2.05, 4.69) is 0 Å². The van der Waals surface area contributed by atoms with Gasteiger partial charge in [0, 0.05) is 78.7 Å². The van der Waals surface area contributed by atoms with E-state index in [0.717, 1.165) is 0 Å². The van der Waals surface area contributed by atoms with Gasteiger partial charge in [-0.25, -0.2) is 0 Å². The maximum Gasteiger partial charge on any atom is 0 e. The Kier molecular flexibility index (Phi) is 145. The van der Waals surface area contributed by atoms with E-state index in [9.17, 15) is 0 Å². The minimum absolute atomic E-state index is 0. The van der Waals surface area contributed by atoms with E-state index in [1.165, 1.54) is 0 Å². The van der Waals surface area contributed by atoms with Crippen LogP contribution >= 0.6 is 0 Å². The normalized spacial score (nSPS) is 0. The Morgan fingerprint density at radius 1 is 1.00 bits per heavy atom. The fraction of sp³-hybridized carbons (Fsp3) is 0. The Labute approximate surface area is 77.5 Å². The molecule has 18 valence electrons. The van der Waals surface area contributed by atoms with Crippen molar-refractivity contribution in [1.29, 1.82) is 0 Å². The van der Waals surface area contributed by atoms with Gasteiger partial charge < -0.3 is 0 Å². The molecule has 0 nitrogen and oxygen atoms in total. The molecule has 0 aromatic carbocycles. The molecule has 0 bridgehead atoms. The first-order valence-corrected chi connectivity index (χ1v) is 0. The maximum absolute atomic E-state index is 0. The molecular weight excluding hydrogens is 290 g/mol. The van der Waals surface area contributed by atoms with E-state index >= 15 is 0 Å². The molecule has 0 aliphatic rings. The first-order chi connectivity index (χ1) is 0. The second kappa shape index (κ2) is 18.1. The van der Waals surface area contributed by atoms with Gasteiger partial charge >= 0.3 is 0 Å². The zero-order chi connectivity index (χ0) is 0. The predicted octanol–water partition coefficient (Wildman–Crippen LogP) is -0.767. The van der Waals surface area contributed by atoms with Gasteiger partial charge in [0.25, 0.3) is 0 Å². The minimum atomic E-state index is 0. The molecule has 0 unspecified atom stereocenters. The summed E-state index contributed by atoms with van der Waals surface area (Å²) in [6, 6.07) is 0. The Morgan fingerprint density at radius 3 is 1.00 bits per heavy atom. The molecule has 0 heterocycles. The summed E-state index contributed by atoms with van der Waals surface area (Å²) in [6.45, 7) is 0. The third-order valence-corrected chi connectivity index (χ3v) is 0. The van der Waals surface area contributed by atoms with Crippen LogP contribution in [0.15, 0.2) is 0 Å². The Hall–Kier alpha value is 2.42. The molecule has 4 heteroatoms. The van der Waals surface area contributed by atoms with Gasteiger partial charge in [-0.1, -0.05) is 0 Å². The van der Waals surface area contributed by atoms with Gasteiger partial charge in [0.15, 0.2) is 0 Å². The second-order valence-corrected chi connectivity index (χ2v) is 0. The zero-order valence-electron chi connectivity index (χ0n) is 2.29. The molecule has 0 aliphatic heterocycles. The topological polar surface area (TPSA) is 0 Å². The SMILES string of the molecule is [Mn].[Na].[Si].[W]. The van der Waals surface area contributed by atoms with Crippen LogP contribution in [0.1, 0.15) is 0 Å². The smallest absolute Gasteiger partial charge is 0 e. The third-order valence-electron chi connectivity index (χ3n) is 0. The van der Waals surface area contributed by atoms with Crippen LogP contribution in [0.5, 0.6) is 0 Å². The monoisotopic (exact) mass is 290 g/mol. The van der Waals surface area contributed by atoms with Crippen molar-refractivity contribution in [3.8, 4) is 0 Å². The average molecular weight is 290 g/mol. The first kappa shape index (κ1) is 32.2. The molecule has 4 heavy (non-hydrogen) atoms. The van der Waals surface area contributed by atoms with Crippen LogP contribution in [-0.2, 0) is 38.1 Å². The molecule has 0 saturated heterocycles. The summed E-state index contributed by atoms with van der Waals surface area (Å²) >= 11 is 0. The summed E-state index contributed by atoms with van der Waals surface area (Å²) < 4.78 is 0. The summed E-state index contributed by atoms with van der Waals surface area (Å²) in [5.74, 6) is 0. The molecule has 0 N–H and O–H groups in total. The maximum atomic E-state index is 0. The van der Waals surface area contributed by atoms with E-state index in [4.69, 9.17) is 0 Å². The molecule has 0 spiro atoms. The Balaban J connectivity index is 0. The van der Waals surface area contributed by atoms with Gasteiger partial charge in [-0.05, 0) is 0 Å². The van der Waals surface area contributed by atoms with E-state index in [-0.39, 0.29) is 78.7 Å². The standard InChI is InChI=1S/Mn.Na.Si.W. The molecular formula is MnNaSiW. The summed E-state index contributed by atoms with van der Waals surface area (Å²) in [5.41, 5.74) is 0. The summed E-state index contributed by atoms with van der Waals surface area (Å²) in [4.78, 5) is 0. The molecule has 0 aromatic rings. The number of rotatable bonds is 0. The van der Waals surface area contributed by atoms with Crippen molar-refractivity contribution in [3.05, 3.63) is 0 Å². The number of hydrogen-bond donors (Lipinski definition) is 0. The van der Waals surface area contributed by atoms with Gasteiger partial charge in [-0.3, -0.25) is 0 Å². The fourth-order valence-electron chi connectivity index (χ4n) is 0. The molecule has 0 saturated carbocycles. The molecule has 0 fully saturated rings. The second-order valence-electron chi connectivity index (χ2n) is 0. The van der Waals surface area contributed by atoms with Gasteiger partial charge in [0.1, 0.15) is 0 Å². The van der Waals surface area contributed by atoms with Gasteiger partial charge in [0.2, 0.25) is 0 Å². The third kappa shape index (κ3) is 8.83. The zero-order valence-corrected chi connectivity index (χ0v) is 9.40. The van der Waals surface area contributed by atoms with Crippen LogP contribution in [-0.4, -0.2) is 40.5 Å². The van der Waals surface area contributed by atoms with Crippen LogP contribution < -0.4 is 0 Å². The van der Waals surface area contributed by atoms with Crippen molar-refractivity contribution in [1.82, 2.24) is 0 Å². The van der Waals surface area contributed by atoms with Crippen molar-refractivity contribution >= 4 is 40.5 Å². The molecule has 0 aromatic heterocycles. The van der Waals surface area contributed by atoms with Gasteiger partial charge in [0.05, 0.1) is 0 Å². The van der Waals surface area contributed by atoms with Gasteiger partial charge in [-0.15, -0.1) is 0 Å². The fourth-order valence-corrected chi connectivity index (χ4v) is 0. The number of hydrogen-bond acceptors (Lipinski definition) is 0. The van der Waals surface area contributed by atoms with Crippen molar-refractivity contribution in [3.63, 3.8) is 0 Å². The van der Waals surface area contributed by atoms with Crippen molar-refractivity contribution in [2.45, 2.75) is 0 Å². The first-order valence-electron chi connectivity index (χ1n) is 0. The molecule has 0 aliphatic carbocycles. The van der Waals surface area contributed by atoms with Crippen LogP contribution in [0, 0.1) is 0 Å². The molecule has 0 amide bonds. The quantitative estimate of drug-likeness (QED) is 0.514. The van der Waals surface area contributed by atoms with Crippen molar-refractivity contribution in [2.75, 3.05) is 0 Å². The van der Waals surface area contributed by atoms with Gasteiger partial charge in [-0.2, -0.15) is 0 Å². The van der Waals surface area contributed by atoms with Crippen molar-refractivity contribution in [2.24, 2.45) is 0 Å². The molecule has 0 rings (SSSR count). The van der Waals surface area contributed by atoms with E-state index < -0.39 is 0 Å². The van der Waals surface area contributed by atoms with Crippen LogP contribution in [0.3, 0.4) is 0 Å². The molecule has 0 atom stereocenters. The van der Waals surface area contributed by atoms with E-state index in [1.807, 2.05) is 0 Å². The summed E-state index contributed by atoms with van der Waals surface area (Å²) in [7, 11) is 0. The van der Waals surface area contributed by atoms with E-state index in [0.29, 0.717) is 0 Å². The van der Waals surface area contributed by atoms with Crippen LogP contribution in [0.2, 0.25) is 0 Å². The van der Waals surface area contributed by atoms with E-state index in [1.54, 1.807) is 0 Å². The average Bonchev–Trinajstić information content (AvgIpc) is 0. The van der Waals surface area contributed by atoms with Crippen molar-refractivity contribution < 1.29 is 38.1 Å².